The van der Waals surface area contributed by atoms with Crippen molar-refractivity contribution >= 4 is 29.0 Å². The van der Waals surface area contributed by atoms with Gasteiger partial charge in [-0.1, -0.05) is 23.7 Å². The van der Waals surface area contributed by atoms with Crippen LogP contribution >= 0.6 is 11.6 Å². The van der Waals surface area contributed by atoms with Gasteiger partial charge in [0.25, 0.3) is 0 Å². The zero-order chi connectivity index (χ0) is 21.1. The predicted octanol–water partition coefficient (Wildman–Crippen LogP) is 4.17. The van der Waals surface area contributed by atoms with Crippen LogP contribution < -0.4 is 5.32 Å². The minimum atomic E-state index is -0.796. The lowest BCUT2D eigenvalue weighted by atomic mass is 9.84. The van der Waals surface area contributed by atoms with Crippen LogP contribution in [-0.2, 0) is 16.8 Å². The maximum atomic E-state index is 12.6. The first-order valence-corrected chi connectivity index (χ1v) is 11.0. The van der Waals surface area contributed by atoms with Crippen LogP contribution in [0.5, 0.6) is 0 Å². The first-order valence-electron chi connectivity index (χ1n) is 10.6. The second kappa shape index (κ2) is 8.88. The molecule has 6 heteroatoms. The van der Waals surface area contributed by atoms with Gasteiger partial charge in [-0.3, -0.25) is 9.59 Å². The number of ketones is 1. The van der Waals surface area contributed by atoms with Gasteiger partial charge in [0.2, 0.25) is 5.91 Å². The lowest BCUT2D eigenvalue weighted by Gasteiger charge is -2.38. The molecule has 2 aliphatic heterocycles. The van der Waals surface area contributed by atoms with Gasteiger partial charge < -0.3 is 15.3 Å². The van der Waals surface area contributed by atoms with Gasteiger partial charge in [-0.2, -0.15) is 0 Å². The standard InChI is InChI=1S/C24H27ClN2O3/c25-20-7-5-19(6-8-20)24(30)11-14-27(15-12-24)13-1-2-22(28)18-3-9-21-17(16-18)4-10-23(29)26-21/h3,5-9,16,30H,1-2,4,10-15H2,(H,26,29). The highest BCUT2D eigenvalue weighted by atomic mass is 35.5. The van der Waals surface area contributed by atoms with E-state index >= 15 is 0 Å². The molecule has 0 aromatic heterocycles. The summed E-state index contributed by atoms with van der Waals surface area (Å²) in [5.74, 6) is 0.176. The van der Waals surface area contributed by atoms with Crippen LogP contribution in [0.4, 0.5) is 5.69 Å². The van der Waals surface area contributed by atoms with E-state index in [9.17, 15) is 14.7 Å². The minimum absolute atomic E-state index is 0.0334. The Morgan fingerprint density at radius 2 is 1.83 bits per heavy atom. The van der Waals surface area contributed by atoms with Crippen molar-refractivity contribution in [2.24, 2.45) is 0 Å². The third-order valence-electron chi connectivity index (χ3n) is 6.27. The van der Waals surface area contributed by atoms with Gasteiger partial charge in [-0.15, -0.1) is 0 Å². The molecule has 30 heavy (non-hydrogen) atoms. The van der Waals surface area contributed by atoms with Crippen molar-refractivity contribution in [2.75, 3.05) is 25.0 Å². The monoisotopic (exact) mass is 426 g/mol. The van der Waals surface area contributed by atoms with E-state index < -0.39 is 5.60 Å². The summed E-state index contributed by atoms with van der Waals surface area (Å²) in [5, 5.41) is 14.5. The fraction of sp³-hybridized carbons (Fsp3) is 0.417. The number of amides is 1. The molecule has 0 spiro atoms. The van der Waals surface area contributed by atoms with E-state index in [1.165, 1.54) is 0 Å². The number of anilines is 1. The SMILES string of the molecule is O=C1CCc2cc(C(=O)CCCN3CCC(O)(c4ccc(Cl)cc4)CC3)ccc2N1. The molecule has 5 nitrogen and oxygen atoms in total. The van der Waals surface area contributed by atoms with Crippen molar-refractivity contribution in [3.8, 4) is 0 Å². The molecule has 0 bridgehead atoms. The van der Waals surface area contributed by atoms with E-state index in [0.717, 1.165) is 48.4 Å². The van der Waals surface area contributed by atoms with Crippen molar-refractivity contribution in [1.29, 1.82) is 0 Å². The number of likely N-dealkylation sites (tertiary alicyclic amines) is 1. The molecule has 1 amide bonds. The lowest BCUT2D eigenvalue weighted by Crippen LogP contribution is -2.42. The highest BCUT2D eigenvalue weighted by molar-refractivity contribution is 6.30. The summed E-state index contributed by atoms with van der Waals surface area (Å²) in [4.78, 5) is 26.4. The van der Waals surface area contributed by atoms with Crippen LogP contribution in [0, 0.1) is 0 Å². The van der Waals surface area contributed by atoms with E-state index in [1.807, 2.05) is 36.4 Å². The number of rotatable bonds is 6. The van der Waals surface area contributed by atoms with Gasteiger partial charge in [0, 0.05) is 42.2 Å². The zero-order valence-electron chi connectivity index (χ0n) is 17.0. The fourth-order valence-electron chi connectivity index (χ4n) is 4.36. The van der Waals surface area contributed by atoms with Crippen LogP contribution in [0.3, 0.4) is 0 Å². The molecule has 2 heterocycles. The van der Waals surface area contributed by atoms with Crippen LogP contribution in [0.2, 0.25) is 5.02 Å². The van der Waals surface area contributed by atoms with E-state index in [2.05, 4.69) is 10.2 Å². The molecular formula is C24H27ClN2O3. The Hall–Kier alpha value is -2.21. The van der Waals surface area contributed by atoms with Crippen LogP contribution in [0.15, 0.2) is 42.5 Å². The first-order chi connectivity index (χ1) is 14.4. The topological polar surface area (TPSA) is 69.6 Å². The van der Waals surface area contributed by atoms with Gasteiger partial charge in [-0.05, 0) is 73.7 Å². The number of nitrogens with one attached hydrogen (secondary N) is 1. The molecule has 0 saturated carbocycles. The number of halogens is 1. The van der Waals surface area contributed by atoms with Crippen LogP contribution in [0.1, 0.15) is 53.6 Å². The molecule has 2 aromatic carbocycles. The predicted molar refractivity (Wildman–Crippen MR) is 118 cm³/mol. The first kappa shape index (κ1) is 21.0. The largest absolute Gasteiger partial charge is 0.385 e. The maximum Gasteiger partial charge on any atom is 0.224 e. The number of aryl methyl sites for hydroxylation is 1. The van der Waals surface area contributed by atoms with Crippen molar-refractivity contribution in [3.63, 3.8) is 0 Å². The average Bonchev–Trinajstić information content (AvgIpc) is 2.75. The summed E-state index contributed by atoms with van der Waals surface area (Å²) in [6.07, 6.45) is 3.82. The molecule has 1 fully saturated rings. The van der Waals surface area contributed by atoms with Crippen LogP contribution in [-0.4, -0.2) is 41.3 Å². The van der Waals surface area contributed by atoms with Crippen molar-refractivity contribution in [3.05, 3.63) is 64.2 Å². The molecule has 158 valence electrons. The molecule has 2 aromatic rings. The van der Waals surface area contributed by atoms with Crippen LogP contribution in [0.25, 0.3) is 0 Å². The van der Waals surface area contributed by atoms with Gasteiger partial charge in [0.05, 0.1) is 5.60 Å². The fourth-order valence-corrected chi connectivity index (χ4v) is 4.49. The Bertz CT molecular complexity index is 934. The number of hydrogen-bond donors (Lipinski definition) is 2. The van der Waals surface area contributed by atoms with Crippen molar-refractivity contribution in [2.45, 2.75) is 44.1 Å². The molecule has 0 atom stereocenters. The molecule has 0 radical (unpaired) electrons. The highest BCUT2D eigenvalue weighted by Gasteiger charge is 2.33. The van der Waals surface area contributed by atoms with E-state index in [4.69, 9.17) is 11.6 Å². The molecule has 4 rings (SSSR count). The lowest BCUT2D eigenvalue weighted by molar-refractivity contribution is -0.116. The molecular weight excluding hydrogens is 400 g/mol. The summed E-state index contributed by atoms with van der Waals surface area (Å²) >= 11 is 5.95. The smallest absolute Gasteiger partial charge is 0.224 e. The third kappa shape index (κ3) is 4.75. The molecule has 2 N–H and O–H groups in total. The molecule has 0 aliphatic carbocycles. The van der Waals surface area contributed by atoms with Gasteiger partial charge in [0.15, 0.2) is 5.78 Å². The molecule has 1 saturated heterocycles. The second-order valence-corrected chi connectivity index (χ2v) is 8.76. The number of fused-ring (bicyclic) bond motifs is 1. The van der Waals surface area contributed by atoms with Crippen molar-refractivity contribution in [1.82, 2.24) is 4.90 Å². The zero-order valence-corrected chi connectivity index (χ0v) is 17.8. The van der Waals surface area contributed by atoms with Crippen molar-refractivity contribution < 1.29 is 14.7 Å². The van der Waals surface area contributed by atoms with E-state index in [0.29, 0.717) is 37.1 Å². The summed E-state index contributed by atoms with van der Waals surface area (Å²) < 4.78 is 0. The Labute approximate surface area is 182 Å². The summed E-state index contributed by atoms with van der Waals surface area (Å²) in [6.45, 7) is 2.47. The Morgan fingerprint density at radius 3 is 2.57 bits per heavy atom. The van der Waals surface area contributed by atoms with Gasteiger partial charge in [0.1, 0.15) is 0 Å². The summed E-state index contributed by atoms with van der Waals surface area (Å²) in [5.41, 5.74) is 2.71. The number of hydrogen-bond acceptors (Lipinski definition) is 4. The molecule has 2 aliphatic rings. The average molecular weight is 427 g/mol. The van der Waals surface area contributed by atoms with Gasteiger partial charge >= 0.3 is 0 Å². The number of carbonyl (C=O) groups is 2. The number of piperidine rings is 1. The highest BCUT2D eigenvalue weighted by Crippen LogP contribution is 2.33. The second-order valence-electron chi connectivity index (χ2n) is 8.33. The number of carbonyl (C=O) groups excluding carboxylic acids is 2. The quantitative estimate of drug-likeness (QED) is 0.680. The molecule has 0 unspecified atom stereocenters. The Balaban J connectivity index is 1.25. The number of benzene rings is 2. The minimum Gasteiger partial charge on any atom is -0.385 e. The van der Waals surface area contributed by atoms with Gasteiger partial charge in [-0.25, -0.2) is 0 Å². The number of aliphatic hydroxyl groups is 1. The van der Waals surface area contributed by atoms with E-state index in [1.54, 1.807) is 6.07 Å². The normalized spacial score (nSPS) is 18.5. The Kier molecular flexibility index (Phi) is 6.23. The number of Topliss-reactive ketones (excluding diaryl/α,β-unsaturated/α-hetero) is 1. The van der Waals surface area contributed by atoms with E-state index in [-0.39, 0.29) is 11.7 Å². The third-order valence-corrected chi connectivity index (χ3v) is 6.52. The summed E-state index contributed by atoms with van der Waals surface area (Å²) in [7, 11) is 0. The Morgan fingerprint density at radius 1 is 1.10 bits per heavy atom. The maximum absolute atomic E-state index is 12.6. The number of nitrogens with zero attached hydrogens (tertiary/aromatic N) is 1. The summed E-state index contributed by atoms with van der Waals surface area (Å²) in [6, 6.07) is 13.0.